The molecule has 2 aliphatic rings. The average Bonchev–Trinajstić information content (AvgIpc) is 2.98. The van der Waals surface area contributed by atoms with Crippen molar-refractivity contribution in [3.05, 3.63) is 33.1 Å². The molecule has 0 radical (unpaired) electrons. The number of carboxylic acids is 1. The van der Waals surface area contributed by atoms with Crippen LogP contribution in [0.2, 0.25) is 0 Å². The third kappa shape index (κ3) is 3.69. The first-order valence-electron chi connectivity index (χ1n) is 7.86. The van der Waals surface area contributed by atoms with E-state index in [1.165, 1.54) is 12.3 Å². The van der Waals surface area contributed by atoms with Gasteiger partial charge in [0.2, 0.25) is 0 Å². The van der Waals surface area contributed by atoms with Crippen molar-refractivity contribution in [1.82, 2.24) is 9.55 Å². The number of carbonyl (C=O) groups excluding carboxylic acids is 1. The van der Waals surface area contributed by atoms with Crippen LogP contribution in [0.25, 0.3) is 0 Å². The Kier molecular flexibility index (Phi) is 4.69. The van der Waals surface area contributed by atoms with Gasteiger partial charge in [-0.3, -0.25) is 23.9 Å². The molecule has 0 bridgehead atoms. The minimum absolute atomic E-state index is 0.263. The molecule has 11 heteroatoms. The number of fused-ring (bicyclic) bond motifs is 1. The lowest BCUT2D eigenvalue weighted by atomic mass is 10.1. The molecule has 2 N–H and O–H groups in total. The molecular formula is C15H18N2O9. The summed E-state index contributed by atoms with van der Waals surface area (Å²) >= 11 is 0. The van der Waals surface area contributed by atoms with Gasteiger partial charge < -0.3 is 24.1 Å². The van der Waals surface area contributed by atoms with E-state index in [9.17, 15) is 19.2 Å². The van der Waals surface area contributed by atoms with Crippen molar-refractivity contribution < 1.29 is 33.6 Å². The number of hydrogen-bond donors (Lipinski definition) is 2. The summed E-state index contributed by atoms with van der Waals surface area (Å²) < 4.78 is 23.4. The van der Waals surface area contributed by atoms with Crippen molar-refractivity contribution in [2.45, 2.75) is 50.6 Å². The van der Waals surface area contributed by atoms with Crippen molar-refractivity contribution >= 4 is 11.9 Å². The fourth-order valence-corrected chi connectivity index (χ4v) is 2.99. The van der Waals surface area contributed by atoms with Crippen LogP contribution in [-0.4, -0.2) is 57.3 Å². The second-order valence-electron chi connectivity index (χ2n) is 6.40. The summed E-state index contributed by atoms with van der Waals surface area (Å²) in [7, 11) is 0. The molecule has 0 amide bonds. The predicted molar refractivity (Wildman–Crippen MR) is 82.3 cm³/mol. The number of rotatable bonds is 5. The number of carboxylic acid groups (broad SMARTS) is 1. The first kappa shape index (κ1) is 18.3. The van der Waals surface area contributed by atoms with Crippen molar-refractivity contribution in [3.8, 4) is 0 Å². The molecule has 142 valence electrons. The molecule has 2 saturated heterocycles. The Balaban J connectivity index is 1.80. The number of nitrogens with one attached hydrogen (secondary N) is 1. The quantitative estimate of drug-likeness (QED) is 0.490. The number of aliphatic carboxylic acids is 1. The van der Waals surface area contributed by atoms with E-state index < -0.39 is 59.9 Å². The molecular weight excluding hydrogens is 352 g/mol. The van der Waals surface area contributed by atoms with Gasteiger partial charge in [0.15, 0.2) is 12.0 Å². The Hall–Kier alpha value is -2.50. The number of aromatic nitrogens is 2. The zero-order valence-corrected chi connectivity index (χ0v) is 14.0. The van der Waals surface area contributed by atoms with E-state index in [0.717, 1.165) is 4.57 Å². The van der Waals surface area contributed by atoms with E-state index in [0.29, 0.717) is 0 Å². The maximum absolute atomic E-state index is 12.1. The second-order valence-corrected chi connectivity index (χ2v) is 6.40. The van der Waals surface area contributed by atoms with Gasteiger partial charge in [-0.2, -0.15) is 0 Å². The molecule has 1 aromatic rings. The lowest BCUT2D eigenvalue weighted by Gasteiger charge is -2.24. The minimum atomic E-state index is -1.31. The molecule has 26 heavy (non-hydrogen) atoms. The summed E-state index contributed by atoms with van der Waals surface area (Å²) in [6.45, 7) is 3.11. The third-order valence-corrected chi connectivity index (χ3v) is 3.95. The van der Waals surface area contributed by atoms with E-state index in [1.54, 1.807) is 13.8 Å². The molecule has 2 aliphatic heterocycles. The van der Waals surface area contributed by atoms with Gasteiger partial charge in [-0.25, -0.2) is 4.79 Å². The highest BCUT2D eigenvalue weighted by Crippen LogP contribution is 2.42. The zero-order chi connectivity index (χ0) is 19.1. The number of esters is 1. The largest absolute Gasteiger partial charge is 0.481 e. The Morgan fingerprint density at radius 3 is 2.65 bits per heavy atom. The molecule has 0 saturated carbocycles. The van der Waals surface area contributed by atoms with E-state index in [4.69, 9.17) is 24.1 Å². The standard InChI is InChI=1S/C15H18N2O9/c1-15(2)25-11-7(6-23-10(21)5-9(19)20)24-13(12(11)26-15)17-4-3-8(18)16-14(17)22/h3-4,7,11-13H,5-6H2,1-2H3,(H,19,20)(H,16,18,22)/t7-,11-,12-,13-/m1/s1. The molecule has 3 rings (SSSR count). The summed E-state index contributed by atoms with van der Waals surface area (Å²) in [4.78, 5) is 47.4. The number of hydrogen-bond acceptors (Lipinski definition) is 8. The van der Waals surface area contributed by atoms with E-state index in [1.807, 2.05) is 0 Å². The van der Waals surface area contributed by atoms with Crippen molar-refractivity contribution in [2.75, 3.05) is 6.61 Å². The van der Waals surface area contributed by atoms with E-state index in [2.05, 4.69) is 4.98 Å². The third-order valence-electron chi connectivity index (χ3n) is 3.95. The maximum Gasteiger partial charge on any atom is 0.330 e. The lowest BCUT2D eigenvalue weighted by Crippen LogP contribution is -2.37. The van der Waals surface area contributed by atoms with Gasteiger partial charge in [-0.1, -0.05) is 0 Å². The van der Waals surface area contributed by atoms with Crippen LogP contribution in [0.15, 0.2) is 21.9 Å². The topological polar surface area (TPSA) is 146 Å². The van der Waals surface area contributed by atoms with Crippen molar-refractivity contribution in [3.63, 3.8) is 0 Å². The summed E-state index contributed by atoms with van der Waals surface area (Å²) in [5, 5.41) is 8.59. The van der Waals surface area contributed by atoms with Crippen molar-refractivity contribution in [1.29, 1.82) is 0 Å². The van der Waals surface area contributed by atoms with Crippen LogP contribution in [-0.2, 0) is 28.5 Å². The fraction of sp³-hybridized carbons (Fsp3) is 0.600. The van der Waals surface area contributed by atoms with Crippen LogP contribution < -0.4 is 11.2 Å². The summed E-state index contributed by atoms with van der Waals surface area (Å²) in [6, 6.07) is 1.17. The van der Waals surface area contributed by atoms with E-state index in [-0.39, 0.29) is 6.61 Å². The van der Waals surface area contributed by atoms with Gasteiger partial charge in [0.05, 0.1) is 0 Å². The maximum atomic E-state index is 12.1. The fourth-order valence-electron chi connectivity index (χ4n) is 2.99. The predicted octanol–water partition coefficient (Wildman–Crippen LogP) is -1.03. The lowest BCUT2D eigenvalue weighted by molar-refractivity contribution is -0.203. The Labute approximate surface area is 146 Å². The molecule has 0 aliphatic carbocycles. The summed E-state index contributed by atoms with van der Waals surface area (Å²) in [6.07, 6.45) is -2.51. The SMILES string of the molecule is CC1(C)O[C@@H]2[C@H](O1)[C@@H](COC(=O)CC(=O)O)O[C@H]2n1ccc(=O)[nH]c1=O. The Morgan fingerprint density at radius 1 is 1.31 bits per heavy atom. The van der Waals surface area contributed by atoms with Gasteiger partial charge >= 0.3 is 17.6 Å². The average molecular weight is 370 g/mol. The first-order chi connectivity index (χ1) is 12.2. The van der Waals surface area contributed by atoms with Gasteiger partial charge in [0.25, 0.3) is 5.56 Å². The van der Waals surface area contributed by atoms with Crippen molar-refractivity contribution in [2.24, 2.45) is 0 Å². The minimum Gasteiger partial charge on any atom is -0.481 e. The Bertz CT molecular complexity index is 827. The molecule has 4 atom stereocenters. The van der Waals surface area contributed by atoms with Crippen LogP contribution in [0.4, 0.5) is 0 Å². The van der Waals surface area contributed by atoms with Gasteiger partial charge in [0.1, 0.15) is 31.3 Å². The van der Waals surface area contributed by atoms with Gasteiger partial charge in [0, 0.05) is 12.3 Å². The highest BCUT2D eigenvalue weighted by atomic mass is 16.8. The van der Waals surface area contributed by atoms with Crippen LogP contribution in [0, 0.1) is 0 Å². The van der Waals surface area contributed by atoms with Gasteiger partial charge in [-0.05, 0) is 13.8 Å². The molecule has 11 nitrogen and oxygen atoms in total. The molecule has 2 fully saturated rings. The highest BCUT2D eigenvalue weighted by Gasteiger charge is 2.56. The Morgan fingerprint density at radius 2 is 2.00 bits per heavy atom. The smallest absolute Gasteiger partial charge is 0.330 e. The molecule has 1 aromatic heterocycles. The number of H-pyrrole nitrogens is 1. The highest BCUT2D eigenvalue weighted by molar-refractivity contribution is 5.90. The summed E-state index contributed by atoms with van der Waals surface area (Å²) in [5.74, 6) is -3.17. The number of nitrogens with zero attached hydrogens (tertiary/aromatic N) is 1. The van der Waals surface area contributed by atoms with Crippen LogP contribution >= 0.6 is 0 Å². The molecule has 3 heterocycles. The van der Waals surface area contributed by atoms with Gasteiger partial charge in [-0.15, -0.1) is 0 Å². The summed E-state index contributed by atoms with van der Waals surface area (Å²) in [5.41, 5.74) is -1.23. The normalized spacial score (nSPS) is 29.3. The van der Waals surface area contributed by atoms with Crippen LogP contribution in [0.3, 0.4) is 0 Å². The monoisotopic (exact) mass is 370 g/mol. The first-order valence-corrected chi connectivity index (χ1v) is 7.86. The van der Waals surface area contributed by atoms with Crippen LogP contribution in [0.5, 0.6) is 0 Å². The van der Waals surface area contributed by atoms with E-state index >= 15 is 0 Å². The number of aromatic amines is 1. The molecule has 0 spiro atoms. The second kappa shape index (κ2) is 6.67. The van der Waals surface area contributed by atoms with Crippen LogP contribution in [0.1, 0.15) is 26.5 Å². The number of carbonyl (C=O) groups is 2. The molecule has 0 aromatic carbocycles. The zero-order valence-electron chi connectivity index (χ0n) is 14.0. The number of ether oxygens (including phenoxy) is 4. The molecule has 0 unspecified atom stereocenters.